The van der Waals surface area contributed by atoms with Crippen molar-refractivity contribution in [2.75, 3.05) is 33.2 Å². The number of likely N-dealkylation sites (N-methyl/N-ethyl adjacent to an activating group) is 1. The summed E-state index contributed by atoms with van der Waals surface area (Å²) in [5, 5.41) is 3.13. The molecular formula is C6H15ClN2. The van der Waals surface area contributed by atoms with Crippen molar-refractivity contribution in [3.05, 3.63) is 0 Å². The molecule has 3 heteroatoms. The smallest absolute Gasteiger partial charge is 0.0107 e. The molecule has 0 aliphatic carbocycles. The number of nitrogens with one attached hydrogen (secondary N) is 1. The van der Waals surface area contributed by atoms with E-state index in [9.17, 15) is 0 Å². The minimum absolute atomic E-state index is 0. The average molecular weight is 151 g/mol. The third-order valence-electron chi connectivity index (χ3n) is 1.63. The maximum Gasteiger partial charge on any atom is 0.0107 e. The maximum absolute atomic E-state index is 3.13. The third kappa shape index (κ3) is 3.04. The Hall–Kier alpha value is 0.210. The fourth-order valence-electron chi connectivity index (χ4n) is 0.875. The van der Waals surface area contributed by atoms with Gasteiger partial charge in [-0.05, 0) is 26.6 Å². The van der Waals surface area contributed by atoms with Gasteiger partial charge in [-0.25, -0.2) is 0 Å². The van der Waals surface area contributed by atoms with Gasteiger partial charge in [-0.1, -0.05) is 0 Å². The molecule has 1 saturated heterocycles. The summed E-state index contributed by atoms with van der Waals surface area (Å²) in [5.74, 6) is 0. The molecule has 1 rings (SSSR count). The lowest BCUT2D eigenvalue weighted by Gasteiger charge is -2.30. The summed E-state index contributed by atoms with van der Waals surface area (Å²) in [5.41, 5.74) is 0. The highest BCUT2D eigenvalue weighted by molar-refractivity contribution is 5.85. The fourth-order valence-corrected chi connectivity index (χ4v) is 0.875. The zero-order valence-corrected chi connectivity index (χ0v) is 6.71. The molecule has 0 aromatic rings. The molecule has 0 radical (unpaired) electrons. The van der Waals surface area contributed by atoms with Crippen LogP contribution >= 0.6 is 12.4 Å². The predicted molar refractivity (Wildman–Crippen MR) is 42.2 cm³/mol. The van der Waals surface area contributed by atoms with Crippen LogP contribution in [-0.4, -0.2) is 38.1 Å². The Morgan fingerprint density at radius 2 is 2.11 bits per heavy atom. The summed E-state index contributed by atoms with van der Waals surface area (Å²) in [7, 11) is 2.00. The van der Waals surface area contributed by atoms with E-state index in [1.807, 2.05) is 7.05 Å². The van der Waals surface area contributed by atoms with Crippen molar-refractivity contribution >= 4 is 12.4 Å². The molecule has 1 N–H and O–H groups in total. The van der Waals surface area contributed by atoms with Gasteiger partial charge in [0.1, 0.15) is 0 Å². The Kier molecular flexibility index (Phi) is 5.15. The summed E-state index contributed by atoms with van der Waals surface area (Å²) < 4.78 is 0. The van der Waals surface area contributed by atoms with Crippen LogP contribution in [0.25, 0.3) is 0 Å². The van der Waals surface area contributed by atoms with Crippen LogP contribution in [0.15, 0.2) is 0 Å². The van der Waals surface area contributed by atoms with E-state index in [1.54, 1.807) is 0 Å². The Morgan fingerprint density at radius 3 is 2.44 bits per heavy atom. The minimum atomic E-state index is 0. The lowest BCUT2D eigenvalue weighted by molar-refractivity contribution is 0.184. The number of halogens is 1. The Labute approximate surface area is 63.0 Å². The van der Waals surface area contributed by atoms with Gasteiger partial charge in [0.15, 0.2) is 0 Å². The van der Waals surface area contributed by atoms with Crippen LogP contribution in [0.4, 0.5) is 0 Å². The number of likely N-dealkylation sites (tertiary alicyclic amines) is 1. The van der Waals surface area contributed by atoms with Crippen molar-refractivity contribution < 1.29 is 0 Å². The lowest BCUT2D eigenvalue weighted by atomic mass is 10.2. The summed E-state index contributed by atoms with van der Waals surface area (Å²) in [6.45, 7) is 5.01. The molecule has 1 fully saturated rings. The van der Waals surface area contributed by atoms with Gasteiger partial charge in [0, 0.05) is 13.1 Å². The summed E-state index contributed by atoms with van der Waals surface area (Å²) in [6, 6.07) is 0. The molecule has 9 heavy (non-hydrogen) atoms. The first-order chi connectivity index (χ1) is 3.93. The van der Waals surface area contributed by atoms with E-state index in [0.29, 0.717) is 0 Å². The molecule has 56 valence electrons. The van der Waals surface area contributed by atoms with E-state index in [1.165, 1.54) is 26.1 Å². The van der Waals surface area contributed by atoms with Crippen LogP contribution in [0.3, 0.4) is 0 Å². The molecular weight excluding hydrogens is 136 g/mol. The second-order valence-electron chi connectivity index (χ2n) is 2.30. The molecule has 0 amide bonds. The van der Waals surface area contributed by atoms with Crippen LogP contribution in [0.1, 0.15) is 6.42 Å². The number of hydrogen-bond donors (Lipinski definition) is 1. The lowest BCUT2D eigenvalue weighted by Crippen LogP contribution is -2.40. The second-order valence-corrected chi connectivity index (χ2v) is 2.30. The average Bonchev–Trinajstić information content (AvgIpc) is 1.63. The third-order valence-corrected chi connectivity index (χ3v) is 1.63. The molecule has 0 saturated carbocycles. The highest BCUT2D eigenvalue weighted by atomic mass is 35.5. The molecule has 0 atom stereocenters. The van der Waals surface area contributed by atoms with Gasteiger partial charge >= 0.3 is 0 Å². The fraction of sp³-hybridized carbons (Fsp3) is 1.00. The first kappa shape index (κ1) is 9.21. The Morgan fingerprint density at radius 1 is 1.44 bits per heavy atom. The zero-order chi connectivity index (χ0) is 5.82. The van der Waals surface area contributed by atoms with E-state index < -0.39 is 0 Å². The van der Waals surface area contributed by atoms with Crippen LogP contribution in [0.2, 0.25) is 0 Å². The summed E-state index contributed by atoms with van der Waals surface area (Å²) in [6.07, 6.45) is 1.41. The number of rotatable bonds is 3. The molecule has 1 aliphatic heterocycles. The maximum atomic E-state index is 3.13. The van der Waals surface area contributed by atoms with E-state index in [4.69, 9.17) is 0 Å². The molecule has 2 nitrogen and oxygen atoms in total. The van der Waals surface area contributed by atoms with E-state index >= 15 is 0 Å². The van der Waals surface area contributed by atoms with Gasteiger partial charge in [-0.15, -0.1) is 12.4 Å². The van der Waals surface area contributed by atoms with Gasteiger partial charge in [-0.3, -0.25) is 0 Å². The SMILES string of the molecule is CNCCN1CCC1.Cl. The monoisotopic (exact) mass is 150 g/mol. The summed E-state index contributed by atoms with van der Waals surface area (Å²) in [4.78, 5) is 2.45. The second kappa shape index (κ2) is 5.03. The molecule has 1 heterocycles. The van der Waals surface area contributed by atoms with Crippen molar-refractivity contribution in [1.29, 1.82) is 0 Å². The minimum Gasteiger partial charge on any atom is -0.318 e. The zero-order valence-electron chi connectivity index (χ0n) is 5.89. The van der Waals surface area contributed by atoms with Crippen molar-refractivity contribution in [1.82, 2.24) is 10.2 Å². The van der Waals surface area contributed by atoms with E-state index in [2.05, 4.69) is 10.2 Å². The first-order valence-electron chi connectivity index (χ1n) is 3.30. The number of nitrogens with zero attached hydrogens (tertiary/aromatic N) is 1. The van der Waals surface area contributed by atoms with Crippen molar-refractivity contribution in [3.63, 3.8) is 0 Å². The van der Waals surface area contributed by atoms with Gasteiger partial charge < -0.3 is 10.2 Å². The van der Waals surface area contributed by atoms with E-state index in [-0.39, 0.29) is 12.4 Å². The molecule has 0 bridgehead atoms. The topological polar surface area (TPSA) is 15.3 Å². The standard InChI is InChI=1S/C6H14N2.ClH/c1-7-3-6-8-4-2-5-8;/h7H,2-6H2,1H3;1H. The quantitative estimate of drug-likeness (QED) is 0.624. The predicted octanol–water partition coefficient (Wildman–Crippen LogP) is 0.333. The number of hydrogen-bond acceptors (Lipinski definition) is 2. The van der Waals surface area contributed by atoms with Gasteiger partial charge in [0.2, 0.25) is 0 Å². The molecule has 0 spiro atoms. The van der Waals surface area contributed by atoms with Crippen molar-refractivity contribution in [3.8, 4) is 0 Å². The van der Waals surface area contributed by atoms with Crippen LogP contribution in [0.5, 0.6) is 0 Å². The Balaban J connectivity index is 0.000000640. The highest BCUT2D eigenvalue weighted by Crippen LogP contribution is 2.02. The normalized spacial score (nSPS) is 18.3. The van der Waals surface area contributed by atoms with Crippen LogP contribution in [0, 0.1) is 0 Å². The molecule has 0 unspecified atom stereocenters. The van der Waals surface area contributed by atoms with Crippen molar-refractivity contribution in [2.24, 2.45) is 0 Å². The van der Waals surface area contributed by atoms with Crippen LogP contribution in [-0.2, 0) is 0 Å². The van der Waals surface area contributed by atoms with Gasteiger partial charge in [0.25, 0.3) is 0 Å². The summed E-state index contributed by atoms with van der Waals surface area (Å²) >= 11 is 0. The first-order valence-corrected chi connectivity index (χ1v) is 3.30. The molecule has 1 aliphatic rings. The van der Waals surface area contributed by atoms with Gasteiger partial charge in [0.05, 0.1) is 0 Å². The van der Waals surface area contributed by atoms with Crippen molar-refractivity contribution in [2.45, 2.75) is 6.42 Å². The van der Waals surface area contributed by atoms with Crippen LogP contribution < -0.4 is 5.32 Å². The Bertz CT molecular complexity index is 64.1. The molecule has 0 aromatic heterocycles. The largest absolute Gasteiger partial charge is 0.318 e. The van der Waals surface area contributed by atoms with Gasteiger partial charge in [-0.2, -0.15) is 0 Å². The molecule has 0 aromatic carbocycles. The van der Waals surface area contributed by atoms with E-state index in [0.717, 1.165) is 6.54 Å². The highest BCUT2D eigenvalue weighted by Gasteiger charge is 2.11.